The maximum Gasteiger partial charge on any atom is 0.175 e. The van der Waals surface area contributed by atoms with E-state index < -0.39 is 8.11 Å². The summed E-state index contributed by atoms with van der Waals surface area (Å²) < 4.78 is 5.74. The molecule has 0 saturated carbocycles. The quantitative estimate of drug-likeness (QED) is 0.583. The first-order valence-electron chi connectivity index (χ1n) is 5.66. The summed E-state index contributed by atoms with van der Waals surface area (Å²) in [5.74, 6) is 0. The van der Waals surface area contributed by atoms with Gasteiger partial charge < -0.3 is 4.74 Å². The molecular formula is C12H17ClOSi. The second kappa shape index (κ2) is 5.68. The van der Waals surface area contributed by atoms with Crippen LogP contribution >= 0.6 is 11.1 Å². The highest BCUT2D eigenvalue weighted by molar-refractivity contribution is 7.07. The van der Waals surface area contributed by atoms with Gasteiger partial charge in [-0.25, -0.2) is 0 Å². The van der Waals surface area contributed by atoms with Gasteiger partial charge in [0.1, 0.15) is 0 Å². The smallest absolute Gasteiger partial charge is 0.175 e. The molecule has 0 radical (unpaired) electrons. The lowest BCUT2D eigenvalue weighted by atomic mass is 10.2. The van der Waals surface area contributed by atoms with Gasteiger partial charge in [0.05, 0.1) is 5.73 Å². The second-order valence-electron chi connectivity index (χ2n) is 4.11. The van der Waals surface area contributed by atoms with Crippen molar-refractivity contribution in [3.8, 4) is 0 Å². The van der Waals surface area contributed by atoms with Crippen molar-refractivity contribution in [2.24, 2.45) is 0 Å². The highest BCUT2D eigenvalue weighted by Crippen LogP contribution is 2.19. The van der Waals surface area contributed by atoms with Gasteiger partial charge in [0.15, 0.2) is 8.11 Å². The number of rotatable bonds is 3. The summed E-state index contributed by atoms with van der Waals surface area (Å²) in [6.07, 6.45) is 3.67. The molecule has 1 aromatic carbocycles. The molecule has 2 rings (SSSR count). The Morgan fingerprint density at radius 1 is 1.27 bits per heavy atom. The lowest BCUT2D eigenvalue weighted by molar-refractivity contribution is 0.0639. The molecule has 2 atom stereocenters. The number of halogens is 1. The lowest BCUT2D eigenvalue weighted by Gasteiger charge is -2.25. The van der Waals surface area contributed by atoms with Crippen molar-refractivity contribution in [2.45, 2.75) is 31.0 Å². The van der Waals surface area contributed by atoms with E-state index in [-0.39, 0.29) is 0 Å². The van der Waals surface area contributed by atoms with Crippen LogP contribution in [0.3, 0.4) is 0 Å². The van der Waals surface area contributed by atoms with Crippen molar-refractivity contribution >= 4 is 19.2 Å². The monoisotopic (exact) mass is 240 g/mol. The highest BCUT2D eigenvalue weighted by Gasteiger charge is 2.24. The van der Waals surface area contributed by atoms with E-state index in [1.165, 1.54) is 24.8 Å². The van der Waals surface area contributed by atoms with Crippen LogP contribution in [0.5, 0.6) is 0 Å². The maximum atomic E-state index is 6.51. The summed E-state index contributed by atoms with van der Waals surface area (Å²) in [6.45, 7) is 0.912. The Kier molecular flexibility index (Phi) is 4.24. The number of benzene rings is 1. The van der Waals surface area contributed by atoms with Crippen molar-refractivity contribution in [3.63, 3.8) is 0 Å². The van der Waals surface area contributed by atoms with Crippen molar-refractivity contribution in [1.82, 2.24) is 0 Å². The van der Waals surface area contributed by atoms with Crippen LogP contribution < -0.4 is 0 Å². The Bertz CT molecular complexity index is 285. The van der Waals surface area contributed by atoms with E-state index in [2.05, 4.69) is 24.3 Å². The molecule has 0 aliphatic carbocycles. The first-order chi connectivity index (χ1) is 7.36. The fraction of sp³-hybridized carbons (Fsp3) is 0.500. The highest BCUT2D eigenvalue weighted by atomic mass is 35.6. The molecule has 0 N–H and O–H groups in total. The average Bonchev–Trinajstić information content (AvgIpc) is 2.31. The predicted octanol–water partition coefficient (Wildman–Crippen LogP) is 2.84. The van der Waals surface area contributed by atoms with E-state index >= 15 is 0 Å². The van der Waals surface area contributed by atoms with Crippen LogP contribution in [0.1, 0.15) is 24.8 Å². The third-order valence-corrected chi connectivity index (χ3v) is 6.39. The lowest BCUT2D eigenvalue weighted by Crippen LogP contribution is -2.34. The predicted molar refractivity (Wildman–Crippen MR) is 66.7 cm³/mol. The Morgan fingerprint density at radius 3 is 2.73 bits per heavy atom. The average molecular weight is 241 g/mol. The molecule has 1 nitrogen and oxygen atoms in total. The Morgan fingerprint density at radius 2 is 2.07 bits per heavy atom. The van der Waals surface area contributed by atoms with Gasteiger partial charge in [-0.1, -0.05) is 30.3 Å². The van der Waals surface area contributed by atoms with Gasteiger partial charge >= 0.3 is 0 Å². The van der Waals surface area contributed by atoms with Crippen LogP contribution in [-0.4, -0.2) is 20.4 Å². The first kappa shape index (κ1) is 11.2. The zero-order valence-electron chi connectivity index (χ0n) is 8.86. The molecule has 1 aliphatic heterocycles. The third-order valence-electron chi connectivity index (χ3n) is 2.89. The summed E-state index contributed by atoms with van der Waals surface area (Å²) in [6, 6.07) is 11.6. The van der Waals surface area contributed by atoms with Gasteiger partial charge in [-0.3, -0.25) is 0 Å². The Hall–Kier alpha value is -0.313. The van der Waals surface area contributed by atoms with Crippen LogP contribution in [-0.2, 0) is 10.8 Å². The van der Waals surface area contributed by atoms with Crippen molar-refractivity contribution in [2.75, 3.05) is 6.61 Å². The molecule has 15 heavy (non-hydrogen) atoms. The molecule has 1 heterocycles. The molecule has 1 saturated heterocycles. The topological polar surface area (TPSA) is 9.23 Å². The largest absolute Gasteiger partial charge is 0.380 e. The fourth-order valence-corrected chi connectivity index (χ4v) is 5.08. The van der Waals surface area contributed by atoms with Crippen LogP contribution in [0.4, 0.5) is 0 Å². The van der Waals surface area contributed by atoms with Gasteiger partial charge in [-0.05, 0) is 30.9 Å². The molecule has 0 aromatic heterocycles. The molecular weight excluding hydrogens is 224 g/mol. The van der Waals surface area contributed by atoms with Crippen molar-refractivity contribution in [1.29, 1.82) is 0 Å². The van der Waals surface area contributed by atoms with Gasteiger partial charge in [-0.15, -0.1) is 0 Å². The molecule has 1 fully saturated rings. The molecule has 3 heteroatoms. The number of ether oxygens (including phenoxy) is 1. The van der Waals surface area contributed by atoms with Crippen LogP contribution in [0.2, 0.25) is 0 Å². The molecule has 0 spiro atoms. The van der Waals surface area contributed by atoms with Crippen LogP contribution in [0.15, 0.2) is 30.3 Å². The molecule has 2 unspecified atom stereocenters. The summed E-state index contributed by atoms with van der Waals surface area (Å²) >= 11 is 6.51. The van der Waals surface area contributed by atoms with Gasteiger partial charge in [0.25, 0.3) is 0 Å². The van der Waals surface area contributed by atoms with E-state index in [9.17, 15) is 0 Å². The molecule has 1 aromatic rings. The van der Waals surface area contributed by atoms with Crippen molar-refractivity contribution in [3.05, 3.63) is 35.9 Å². The summed E-state index contributed by atoms with van der Waals surface area (Å²) in [5.41, 5.74) is 1.75. The van der Waals surface area contributed by atoms with E-state index in [0.717, 1.165) is 12.7 Å². The molecule has 1 aliphatic rings. The van der Waals surface area contributed by atoms with E-state index in [4.69, 9.17) is 15.8 Å². The van der Waals surface area contributed by atoms with Crippen LogP contribution in [0.25, 0.3) is 0 Å². The van der Waals surface area contributed by atoms with Gasteiger partial charge in [-0.2, -0.15) is 11.1 Å². The minimum atomic E-state index is -1.26. The minimum Gasteiger partial charge on any atom is -0.380 e. The molecule has 0 amide bonds. The van der Waals surface area contributed by atoms with Crippen molar-refractivity contribution < 1.29 is 4.74 Å². The Labute approximate surface area is 97.7 Å². The second-order valence-corrected chi connectivity index (χ2v) is 7.98. The van der Waals surface area contributed by atoms with E-state index in [0.29, 0.717) is 5.73 Å². The zero-order valence-corrected chi connectivity index (χ0v) is 10.8. The number of hydrogen-bond donors (Lipinski definition) is 0. The maximum absolute atomic E-state index is 6.51. The summed E-state index contributed by atoms with van der Waals surface area (Å²) in [5, 5.41) is 0. The number of hydrogen-bond acceptors (Lipinski definition) is 1. The van der Waals surface area contributed by atoms with Crippen LogP contribution in [0, 0.1) is 0 Å². The molecule has 0 bridgehead atoms. The summed E-state index contributed by atoms with van der Waals surface area (Å²) in [7, 11) is -1.26. The van der Waals surface area contributed by atoms with Gasteiger partial charge in [0, 0.05) is 6.61 Å². The third kappa shape index (κ3) is 3.33. The zero-order chi connectivity index (χ0) is 10.5. The van der Waals surface area contributed by atoms with E-state index in [1.807, 2.05) is 6.07 Å². The standard InChI is InChI=1S/C12H17ClOSi/c13-15(12-8-4-5-9-14-12)10-11-6-2-1-3-7-11/h1-3,6-7,12,15H,4-5,8-10H2. The first-order valence-corrected chi connectivity index (χ1v) is 8.89. The molecule has 82 valence electrons. The minimum absolute atomic E-state index is 0.389. The normalized spacial score (nSPS) is 23.7. The fourth-order valence-electron chi connectivity index (χ4n) is 2.02. The van der Waals surface area contributed by atoms with Gasteiger partial charge in [0.2, 0.25) is 0 Å². The summed E-state index contributed by atoms with van der Waals surface area (Å²) in [4.78, 5) is 0. The Balaban J connectivity index is 1.88. The van der Waals surface area contributed by atoms with E-state index in [1.54, 1.807) is 0 Å². The SMILES string of the molecule is Cl[SiH](Cc1ccccc1)C1CCCCO1.